The van der Waals surface area contributed by atoms with Gasteiger partial charge in [0.1, 0.15) is 17.6 Å². The van der Waals surface area contributed by atoms with Gasteiger partial charge in [0.05, 0.1) is 11.6 Å². The zero-order valence-electron chi connectivity index (χ0n) is 13.1. The summed E-state index contributed by atoms with van der Waals surface area (Å²) in [4.78, 5) is 24.4. The van der Waals surface area contributed by atoms with Gasteiger partial charge in [-0.3, -0.25) is 8.98 Å². The van der Waals surface area contributed by atoms with E-state index in [2.05, 4.69) is 14.9 Å². The average molecular weight is 402 g/mol. The summed E-state index contributed by atoms with van der Waals surface area (Å²) in [6, 6.07) is 2.55. The molecule has 1 aromatic heterocycles. The highest BCUT2D eigenvalue weighted by molar-refractivity contribution is 7.87. The lowest BCUT2D eigenvalue weighted by Gasteiger charge is -2.10. The fraction of sp³-hybridized carbons (Fsp3) is 0.429. The molecule has 2 amide bonds. The predicted octanol–water partition coefficient (Wildman–Crippen LogP) is 1.34. The smallest absolute Gasteiger partial charge is 0.417 e. The van der Waals surface area contributed by atoms with E-state index in [1.165, 1.54) is 12.1 Å². The Hall–Kier alpha value is -2.24. The van der Waals surface area contributed by atoms with Gasteiger partial charge in [0.25, 0.3) is 10.1 Å². The largest absolute Gasteiger partial charge is 0.441 e. The SMILES string of the molecule is O=C1O[C@H](COS(=O)(=O)c2ccc(Cl)c3nonc23)CN1C(=O)C1CC1. The van der Waals surface area contributed by atoms with Crippen molar-refractivity contribution in [3.05, 3.63) is 17.2 Å². The normalized spacial score (nSPS) is 20.6. The van der Waals surface area contributed by atoms with Gasteiger partial charge < -0.3 is 4.74 Å². The quantitative estimate of drug-likeness (QED) is 0.681. The highest BCUT2D eigenvalue weighted by Gasteiger charge is 2.42. The summed E-state index contributed by atoms with van der Waals surface area (Å²) >= 11 is 5.90. The molecule has 1 saturated heterocycles. The summed E-state index contributed by atoms with van der Waals surface area (Å²) in [5.74, 6) is -0.443. The third-order valence-corrected chi connectivity index (χ3v) is 5.69. The van der Waals surface area contributed by atoms with E-state index in [4.69, 9.17) is 20.5 Å². The van der Waals surface area contributed by atoms with E-state index >= 15 is 0 Å². The number of benzene rings is 1. The van der Waals surface area contributed by atoms with E-state index in [-0.39, 0.29) is 39.3 Å². The van der Waals surface area contributed by atoms with Crippen molar-refractivity contribution < 1.29 is 31.6 Å². The second kappa shape index (κ2) is 6.18. The van der Waals surface area contributed by atoms with Crippen LogP contribution in [0.4, 0.5) is 4.79 Å². The summed E-state index contributed by atoms with van der Waals surface area (Å²) in [6.07, 6.45) is -0.173. The third-order valence-electron chi connectivity index (χ3n) is 4.07. The van der Waals surface area contributed by atoms with Crippen molar-refractivity contribution in [1.29, 1.82) is 0 Å². The number of hydrogen-bond acceptors (Lipinski definition) is 9. The zero-order chi connectivity index (χ0) is 18.5. The third kappa shape index (κ3) is 3.02. The number of imide groups is 1. The molecule has 1 aromatic carbocycles. The standard InChI is InChI=1S/C14H12ClN3O7S/c15-9-3-4-10(12-11(9)16-25-17-12)26(21,22)23-6-8-5-18(14(20)24-8)13(19)7-1-2-7/h3-4,7-8H,1-2,5-6H2/t8-/m0/s1. The van der Waals surface area contributed by atoms with Gasteiger partial charge in [-0.1, -0.05) is 11.6 Å². The van der Waals surface area contributed by atoms with Crippen LogP contribution >= 0.6 is 11.6 Å². The van der Waals surface area contributed by atoms with Gasteiger partial charge >= 0.3 is 6.09 Å². The Labute approximate surface area is 152 Å². The minimum absolute atomic E-state index is 0.0504. The molecule has 12 heteroatoms. The van der Waals surface area contributed by atoms with E-state index in [9.17, 15) is 18.0 Å². The lowest BCUT2D eigenvalue weighted by Crippen LogP contribution is -2.34. The van der Waals surface area contributed by atoms with Gasteiger partial charge in [0, 0.05) is 5.92 Å². The molecule has 2 aromatic rings. The number of cyclic esters (lactones) is 1. The first-order valence-electron chi connectivity index (χ1n) is 7.69. The summed E-state index contributed by atoms with van der Waals surface area (Å²) < 4.78 is 39.4. The predicted molar refractivity (Wildman–Crippen MR) is 84.7 cm³/mol. The zero-order valence-corrected chi connectivity index (χ0v) is 14.7. The van der Waals surface area contributed by atoms with Crippen LogP contribution in [0.1, 0.15) is 12.8 Å². The van der Waals surface area contributed by atoms with Gasteiger partial charge in [0.2, 0.25) is 5.91 Å². The Morgan fingerprint density at radius 3 is 2.77 bits per heavy atom. The molecule has 0 bridgehead atoms. The molecule has 4 rings (SSSR count). The number of nitrogens with zero attached hydrogens (tertiary/aromatic N) is 3. The molecule has 2 heterocycles. The first-order valence-corrected chi connectivity index (χ1v) is 9.47. The lowest BCUT2D eigenvalue weighted by molar-refractivity contribution is -0.129. The van der Waals surface area contributed by atoms with Crippen LogP contribution in [-0.2, 0) is 23.8 Å². The second-order valence-electron chi connectivity index (χ2n) is 5.97. The molecule has 10 nitrogen and oxygen atoms in total. The fourth-order valence-electron chi connectivity index (χ4n) is 2.58. The van der Waals surface area contributed by atoms with Crippen molar-refractivity contribution in [2.24, 2.45) is 5.92 Å². The van der Waals surface area contributed by atoms with Gasteiger partial charge in [0.15, 0.2) is 11.0 Å². The average Bonchev–Trinajstić information content (AvgIpc) is 3.21. The van der Waals surface area contributed by atoms with Crippen LogP contribution in [0.25, 0.3) is 11.0 Å². The second-order valence-corrected chi connectivity index (χ2v) is 7.97. The molecule has 1 saturated carbocycles. The minimum Gasteiger partial charge on any atom is -0.441 e. The number of amides is 2. The number of aromatic nitrogens is 2. The highest BCUT2D eigenvalue weighted by atomic mass is 35.5. The lowest BCUT2D eigenvalue weighted by atomic mass is 10.3. The van der Waals surface area contributed by atoms with Gasteiger partial charge in [-0.15, -0.1) is 0 Å². The van der Waals surface area contributed by atoms with Crippen LogP contribution in [-0.4, -0.2) is 54.9 Å². The Morgan fingerprint density at radius 2 is 2.04 bits per heavy atom. The monoisotopic (exact) mass is 401 g/mol. The van der Waals surface area contributed by atoms with Crippen LogP contribution in [0, 0.1) is 5.92 Å². The molecule has 0 radical (unpaired) electrons. The van der Waals surface area contributed by atoms with Crippen LogP contribution in [0.2, 0.25) is 5.02 Å². The minimum atomic E-state index is -4.24. The van der Waals surface area contributed by atoms with Crippen molar-refractivity contribution in [3.8, 4) is 0 Å². The van der Waals surface area contributed by atoms with Gasteiger partial charge in [-0.2, -0.15) is 8.42 Å². The maximum atomic E-state index is 12.4. The van der Waals surface area contributed by atoms with E-state index in [0.29, 0.717) is 0 Å². The molecule has 1 atom stereocenters. The summed E-state index contributed by atoms with van der Waals surface area (Å²) in [5.41, 5.74) is 0.0243. The summed E-state index contributed by atoms with van der Waals surface area (Å²) in [7, 11) is -4.24. The molecule has 1 aliphatic carbocycles. The first kappa shape index (κ1) is 17.2. The number of rotatable bonds is 5. The van der Waals surface area contributed by atoms with Gasteiger partial charge in [-0.05, 0) is 35.3 Å². The Balaban J connectivity index is 1.47. The van der Waals surface area contributed by atoms with Crippen molar-refractivity contribution in [3.63, 3.8) is 0 Å². The molecule has 2 fully saturated rings. The molecule has 0 spiro atoms. The number of ether oxygens (including phenoxy) is 1. The van der Waals surface area contributed by atoms with E-state index in [0.717, 1.165) is 17.7 Å². The number of hydrogen-bond donors (Lipinski definition) is 0. The van der Waals surface area contributed by atoms with Crippen molar-refractivity contribution in [2.45, 2.75) is 23.8 Å². The summed E-state index contributed by atoms with van der Waals surface area (Å²) in [5, 5.41) is 7.25. The molecule has 2 aliphatic rings. The first-order chi connectivity index (χ1) is 12.4. The Kier molecular flexibility index (Phi) is 4.09. The van der Waals surface area contributed by atoms with Crippen molar-refractivity contribution in [2.75, 3.05) is 13.2 Å². The number of carbonyl (C=O) groups excluding carboxylic acids is 2. The van der Waals surface area contributed by atoms with E-state index in [1.807, 2.05) is 0 Å². The van der Waals surface area contributed by atoms with Crippen molar-refractivity contribution >= 4 is 44.8 Å². The highest BCUT2D eigenvalue weighted by Crippen LogP contribution is 2.33. The van der Waals surface area contributed by atoms with Crippen LogP contribution in [0.15, 0.2) is 21.7 Å². The molecule has 138 valence electrons. The van der Waals surface area contributed by atoms with E-state index in [1.54, 1.807) is 0 Å². The molecular weight excluding hydrogens is 390 g/mol. The Morgan fingerprint density at radius 1 is 1.31 bits per heavy atom. The molecular formula is C14H12ClN3O7S. The van der Waals surface area contributed by atoms with Crippen LogP contribution in [0.3, 0.4) is 0 Å². The maximum absolute atomic E-state index is 12.4. The van der Waals surface area contributed by atoms with Crippen LogP contribution < -0.4 is 0 Å². The fourth-order valence-corrected chi connectivity index (χ4v) is 3.83. The topological polar surface area (TPSA) is 129 Å². The number of fused-ring (bicyclic) bond motifs is 1. The van der Waals surface area contributed by atoms with E-state index < -0.39 is 28.9 Å². The molecule has 26 heavy (non-hydrogen) atoms. The molecule has 1 aliphatic heterocycles. The number of carbonyl (C=O) groups is 2. The van der Waals surface area contributed by atoms with Gasteiger partial charge in [-0.25, -0.2) is 14.3 Å². The van der Waals surface area contributed by atoms with Crippen LogP contribution in [0.5, 0.6) is 0 Å². The maximum Gasteiger partial charge on any atom is 0.417 e. The summed E-state index contributed by atoms with van der Waals surface area (Å²) in [6.45, 7) is -0.483. The molecule has 0 unspecified atom stereocenters. The molecule has 0 N–H and O–H groups in total. The number of halogens is 1. The Bertz CT molecular complexity index is 1000. The van der Waals surface area contributed by atoms with Crippen molar-refractivity contribution in [1.82, 2.24) is 15.2 Å².